The molecule has 2 fully saturated rings. The van der Waals surface area contributed by atoms with Crippen LogP contribution < -0.4 is 5.32 Å². The molecule has 2 aliphatic rings. The summed E-state index contributed by atoms with van der Waals surface area (Å²) in [5, 5.41) is 3.55. The number of rotatable bonds is 2. The van der Waals surface area contributed by atoms with E-state index >= 15 is 0 Å². The Morgan fingerprint density at radius 3 is 2.75 bits per heavy atom. The van der Waals surface area contributed by atoms with Crippen molar-refractivity contribution in [2.45, 2.75) is 46.1 Å². The predicted octanol–water partition coefficient (Wildman–Crippen LogP) is 2.35. The van der Waals surface area contributed by atoms with Crippen molar-refractivity contribution in [3.8, 4) is 0 Å². The first-order valence-electron chi connectivity index (χ1n) is 7.17. The van der Waals surface area contributed by atoms with Gasteiger partial charge in [-0.1, -0.05) is 27.2 Å². The van der Waals surface area contributed by atoms with Crippen LogP contribution >= 0.6 is 0 Å². The Balaban J connectivity index is 1.95. The van der Waals surface area contributed by atoms with Gasteiger partial charge in [-0.25, -0.2) is 0 Å². The lowest BCUT2D eigenvalue weighted by molar-refractivity contribution is 0.149. The lowest BCUT2D eigenvalue weighted by Gasteiger charge is -2.33. The van der Waals surface area contributed by atoms with Gasteiger partial charge in [-0.3, -0.25) is 4.90 Å². The number of nitrogens with one attached hydrogen (secondary N) is 1. The summed E-state index contributed by atoms with van der Waals surface area (Å²) in [5.41, 5.74) is 0. The van der Waals surface area contributed by atoms with Gasteiger partial charge in [0.05, 0.1) is 0 Å². The summed E-state index contributed by atoms with van der Waals surface area (Å²) in [4.78, 5) is 2.77. The van der Waals surface area contributed by atoms with Gasteiger partial charge in [-0.15, -0.1) is 0 Å². The van der Waals surface area contributed by atoms with E-state index in [0.29, 0.717) is 0 Å². The van der Waals surface area contributed by atoms with E-state index in [0.717, 1.165) is 23.8 Å². The van der Waals surface area contributed by atoms with E-state index in [-0.39, 0.29) is 0 Å². The molecule has 0 bridgehead atoms. The quantitative estimate of drug-likeness (QED) is 0.774. The lowest BCUT2D eigenvalue weighted by atomic mass is 9.92. The monoisotopic (exact) mass is 224 g/mol. The third-order valence-corrected chi connectivity index (χ3v) is 4.79. The van der Waals surface area contributed by atoms with Gasteiger partial charge >= 0.3 is 0 Å². The summed E-state index contributed by atoms with van der Waals surface area (Å²) in [6, 6.07) is 0.868. The van der Waals surface area contributed by atoms with Crippen LogP contribution in [0.4, 0.5) is 0 Å². The summed E-state index contributed by atoms with van der Waals surface area (Å²) < 4.78 is 0. The molecule has 1 saturated carbocycles. The van der Waals surface area contributed by atoms with E-state index in [1.54, 1.807) is 0 Å². The molecule has 4 atom stereocenters. The maximum absolute atomic E-state index is 3.55. The van der Waals surface area contributed by atoms with Crippen molar-refractivity contribution in [1.29, 1.82) is 0 Å². The van der Waals surface area contributed by atoms with Gasteiger partial charge in [0.25, 0.3) is 0 Å². The van der Waals surface area contributed by atoms with Gasteiger partial charge in [0, 0.05) is 25.7 Å². The van der Waals surface area contributed by atoms with Crippen LogP contribution in [-0.2, 0) is 0 Å². The van der Waals surface area contributed by atoms with Crippen LogP contribution in [0.25, 0.3) is 0 Å². The third-order valence-electron chi connectivity index (χ3n) is 4.79. The summed E-state index contributed by atoms with van der Waals surface area (Å²) in [6.45, 7) is 12.2. The molecule has 2 rings (SSSR count). The van der Waals surface area contributed by atoms with E-state index < -0.39 is 0 Å². The van der Waals surface area contributed by atoms with Crippen molar-refractivity contribution < 1.29 is 0 Å². The molecule has 1 N–H and O–H groups in total. The zero-order valence-electron chi connectivity index (χ0n) is 11.2. The summed E-state index contributed by atoms with van der Waals surface area (Å²) in [5.74, 6) is 2.71. The van der Waals surface area contributed by atoms with E-state index in [4.69, 9.17) is 0 Å². The Morgan fingerprint density at radius 2 is 2.06 bits per heavy atom. The second-order valence-corrected chi connectivity index (χ2v) is 5.98. The van der Waals surface area contributed by atoms with Crippen LogP contribution in [0.3, 0.4) is 0 Å². The molecule has 0 aromatic heterocycles. The van der Waals surface area contributed by atoms with Crippen LogP contribution in [0, 0.1) is 17.8 Å². The van der Waals surface area contributed by atoms with Crippen LogP contribution in [0.5, 0.6) is 0 Å². The molecule has 1 aliphatic heterocycles. The minimum absolute atomic E-state index is 0.815. The highest BCUT2D eigenvalue weighted by Crippen LogP contribution is 2.37. The van der Waals surface area contributed by atoms with Crippen LogP contribution in [0.1, 0.15) is 40.0 Å². The van der Waals surface area contributed by atoms with E-state index in [2.05, 4.69) is 31.0 Å². The fourth-order valence-electron chi connectivity index (χ4n) is 3.74. The van der Waals surface area contributed by atoms with Gasteiger partial charge in [-0.05, 0) is 37.1 Å². The average molecular weight is 224 g/mol. The first-order valence-corrected chi connectivity index (χ1v) is 7.17. The molecular weight excluding hydrogens is 196 g/mol. The van der Waals surface area contributed by atoms with Gasteiger partial charge in [-0.2, -0.15) is 0 Å². The van der Waals surface area contributed by atoms with E-state index in [9.17, 15) is 0 Å². The standard InChI is InChI=1S/C14H28N2/c1-4-13-5-6-14(12(13)3)16-8-7-15-9-11(2)10-16/h11-15H,4-10H2,1-3H3. The third kappa shape index (κ3) is 2.60. The zero-order chi connectivity index (χ0) is 11.5. The predicted molar refractivity (Wildman–Crippen MR) is 69.6 cm³/mol. The Labute approximate surface area is 101 Å². The van der Waals surface area contributed by atoms with Crippen LogP contribution in [-0.4, -0.2) is 37.1 Å². The Hall–Kier alpha value is -0.0800. The summed E-state index contributed by atoms with van der Waals surface area (Å²) >= 11 is 0. The lowest BCUT2D eigenvalue weighted by Crippen LogP contribution is -2.41. The van der Waals surface area contributed by atoms with Gasteiger partial charge in [0.15, 0.2) is 0 Å². The van der Waals surface area contributed by atoms with Crippen molar-refractivity contribution in [2.24, 2.45) is 17.8 Å². The highest BCUT2D eigenvalue weighted by atomic mass is 15.2. The maximum Gasteiger partial charge on any atom is 0.0124 e. The Morgan fingerprint density at radius 1 is 1.25 bits per heavy atom. The fraction of sp³-hybridized carbons (Fsp3) is 1.00. The number of nitrogens with zero attached hydrogens (tertiary/aromatic N) is 1. The van der Waals surface area contributed by atoms with E-state index in [1.165, 1.54) is 45.4 Å². The molecule has 0 amide bonds. The first kappa shape index (κ1) is 12.4. The van der Waals surface area contributed by atoms with Crippen molar-refractivity contribution in [3.63, 3.8) is 0 Å². The minimum Gasteiger partial charge on any atom is -0.315 e. The summed E-state index contributed by atoms with van der Waals surface area (Å²) in [6.07, 6.45) is 4.27. The molecule has 1 heterocycles. The van der Waals surface area contributed by atoms with Crippen molar-refractivity contribution >= 4 is 0 Å². The maximum atomic E-state index is 3.55. The number of hydrogen-bond acceptors (Lipinski definition) is 2. The summed E-state index contributed by atoms with van der Waals surface area (Å²) in [7, 11) is 0. The normalized spacial score (nSPS) is 42.2. The topological polar surface area (TPSA) is 15.3 Å². The van der Waals surface area contributed by atoms with E-state index in [1.807, 2.05) is 0 Å². The molecule has 0 aromatic rings. The van der Waals surface area contributed by atoms with Crippen molar-refractivity contribution in [1.82, 2.24) is 10.2 Å². The smallest absolute Gasteiger partial charge is 0.0124 e. The first-order chi connectivity index (χ1) is 7.72. The zero-order valence-corrected chi connectivity index (χ0v) is 11.2. The minimum atomic E-state index is 0.815. The largest absolute Gasteiger partial charge is 0.315 e. The van der Waals surface area contributed by atoms with Crippen molar-refractivity contribution in [2.75, 3.05) is 26.2 Å². The molecule has 0 aromatic carbocycles. The molecule has 2 nitrogen and oxygen atoms in total. The molecule has 1 saturated heterocycles. The number of hydrogen-bond donors (Lipinski definition) is 1. The second-order valence-electron chi connectivity index (χ2n) is 5.98. The van der Waals surface area contributed by atoms with Gasteiger partial charge in [0.2, 0.25) is 0 Å². The van der Waals surface area contributed by atoms with Gasteiger partial charge in [0.1, 0.15) is 0 Å². The average Bonchev–Trinajstić information content (AvgIpc) is 2.50. The Bertz CT molecular complexity index is 217. The second kappa shape index (κ2) is 5.50. The van der Waals surface area contributed by atoms with Gasteiger partial charge < -0.3 is 5.32 Å². The SMILES string of the molecule is CCC1CCC(N2CCNCC(C)C2)C1C. The highest BCUT2D eigenvalue weighted by molar-refractivity contribution is 4.89. The molecule has 4 unspecified atom stereocenters. The molecule has 0 spiro atoms. The molecule has 0 radical (unpaired) electrons. The van der Waals surface area contributed by atoms with Crippen molar-refractivity contribution in [3.05, 3.63) is 0 Å². The highest BCUT2D eigenvalue weighted by Gasteiger charge is 2.35. The van der Waals surface area contributed by atoms with Crippen LogP contribution in [0.2, 0.25) is 0 Å². The molecule has 94 valence electrons. The fourth-order valence-corrected chi connectivity index (χ4v) is 3.74. The molecule has 1 aliphatic carbocycles. The molecule has 2 heteroatoms. The van der Waals surface area contributed by atoms with Crippen LogP contribution in [0.15, 0.2) is 0 Å². The molecule has 16 heavy (non-hydrogen) atoms. The molecular formula is C14H28N2. The Kier molecular flexibility index (Phi) is 4.26.